The van der Waals surface area contributed by atoms with E-state index in [2.05, 4.69) is 12.0 Å². The van der Waals surface area contributed by atoms with Gasteiger partial charge in [0.2, 0.25) is 5.91 Å². The number of hydrogen-bond acceptors (Lipinski definition) is 5. The fourth-order valence-electron chi connectivity index (χ4n) is 4.52. The van der Waals surface area contributed by atoms with E-state index in [9.17, 15) is 9.90 Å². The molecular weight excluding hydrogens is 382 g/mol. The van der Waals surface area contributed by atoms with Gasteiger partial charge in [-0.15, -0.1) is 0 Å². The van der Waals surface area contributed by atoms with Gasteiger partial charge < -0.3 is 19.5 Å². The summed E-state index contributed by atoms with van der Waals surface area (Å²) < 4.78 is 13.7. The molecule has 0 aliphatic carbocycles. The molecule has 2 aliphatic rings. The van der Waals surface area contributed by atoms with E-state index in [0.717, 1.165) is 67.0 Å². The van der Waals surface area contributed by atoms with E-state index in [1.165, 1.54) is 0 Å². The number of anilines is 1. The Labute approximate surface area is 177 Å². The van der Waals surface area contributed by atoms with Crippen LogP contribution in [-0.4, -0.2) is 53.3 Å². The second kappa shape index (κ2) is 9.18. The van der Waals surface area contributed by atoms with Crippen LogP contribution in [0.5, 0.6) is 5.75 Å². The van der Waals surface area contributed by atoms with Crippen LogP contribution < -0.4 is 9.64 Å². The number of carbonyl (C=O) groups excluding carboxylic acids is 1. The summed E-state index contributed by atoms with van der Waals surface area (Å²) in [7, 11) is 0. The summed E-state index contributed by atoms with van der Waals surface area (Å²) >= 11 is 0. The molecule has 1 saturated heterocycles. The number of carbonyl (C=O) groups is 1. The van der Waals surface area contributed by atoms with E-state index >= 15 is 0 Å². The third-order valence-corrected chi connectivity index (χ3v) is 6.17. The standard InChI is InChI=1S/C23H31N3O4/c1-16-3-4-21-22(26(16)17(2)28)6-5-20(19-13-24-25(14-19)9-10-27)23(21)30-15-18-7-11-29-12-8-18/h5-6,13-14,16,18,27H,3-4,7-12,15H2,1-2H3. The van der Waals surface area contributed by atoms with Crippen molar-refractivity contribution in [2.24, 2.45) is 5.92 Å². The quantitative estimate of drug-likeness (QED) is 0.788. The summed E-state index contributed by atoms with van der Waals surface area (Å²) in [6.07, 6.45) is 7.56. The summed E-state index contributed by atoms with van der Waals surface area (Å²) in [5.41, 5.74) is 4.00. The zero-order valence-corrected chi connectivity index (χ0v) is 17.8. The second-order valence-electron chi connectivity index (χ2n) is 8.30. The largest absolute Gasteiger partial charge is 0.492 e. The fraction of sp³-hybridized carbons (Fsp3) is 0.565. The van der Waals surface area contributed by atoms with Crippen LogP contribution in [0.2, 0.25) is 0 Å². The van der Waals surface area contributed by atoms with Crippen LogP contribution in [0.1, 0.15) is 38.7 Å². The first-order valence-corrected chi connectivity index (χ1v) is 10.9. The van der Waals surface area contributed by atoms with Crippen molar-refractivity contribution < 1.29 is 19.4 Å². The molecule has 7 heteroatoms. The van der Waals surface area contributed by atoms with E-state index < -0.39 is 0 Å². The van der Waals surface area contributed by atoms with Gasteiger partial charge in [0.25, 0.3) is 0 Å². The zero-order chi connectivity index (χ0) is 21.1. The first-order chi connectivity index (χ1) is 14.6. The summed E-state index contributed by atoms with van der Waals surface area (Å²) in [5, 5.41) is 13.6. The monoisotopic (exact) mass is 413 g/mol. The topological polar surface area (TPSA) is 76.8 Å². The van der Waals surface area contributed by atoms with Gasteiger partial charge in [0.15, 0.2) is 0 Å². The molecule has 0 bridgehead atoms. The van der Waals surface area contributed by atoms with Crippen LogP contribution in [0.15, 0.2) is 24.5 Å². The lowest BCUT2D eigenvalue weighted by molar-refractivity contribution is -0.117. The molecule has 1 atom stereocenters. The SMILES string of the molecule is CC(=O)N1c2ccc(-c3cnn(CCO)c3)c(OCC3CCOCC3)c2CCC1C. The van der Waals surface area contributed by atoms with Crippen molar-refractivity contribution in [3.05, 3.63) is 30.1 Å². The number of nitrogens with zero attached hydrogens (tertiary/aromatic N) is 3. The molecule has 30 heavy (non-hydrogen) atoms. The Balaban J connectivity index is 1.72. The van der Waals surface area contributed by atoms with Crippen molar-refractivity contribution in [1.29, 1.82) is 0 Å². The molecule has 1 aromatic carbocycles. The number of fused-ring (bicyclic) bond motifs is 1. The van der Waals surface area contributed by atoms with Gasteiger partial charge in [-0.05, 0) is 50.7 Å². The minimum absolute atomic E-state index is 0.0455. The average molecular weight is 414 g/mol. The summed E-state index contributed by atoms with van der Waals surface area (Å²) in [6, 6.07) is 4.25. The van der Waals surface area contributed by atoms with Gasteiger partial charge in [-0.1, -0.05) is 0 Å². The van der Waals surface area contributed by atoms with Crippen LogP contribution in [0.4, 0.5) is 5.69 Å². The molecule has 1 amide bonds. The first-order valence-electron chi connectivity index (χ1n) is 10.9. The maximum atomic E-state index is 12.4. The van der Waals surface area contributed by atoms with Crippen molar-refractivity contribution in [2.75, 3.05) is 31.3 Å². The highest BCUT2D eigenvalue weighted by molar-refractivity contribution is 5.95. The van der Waals surface area contributed by atoms with E-state index in [1.54, 1.807) is 11.6 Å². The van der Waals surface area contributed by atoms with Gasteiger partial charge in [0.05, 0.1) is 31.6 Å². The Bertz CT molecular complexity index is 889. The van der Waals surface area contributed by atoms with Gasteiger partial charge in [0.1, 0.15) is 5.75 Å². The van der Waals surface area contributed by atoms with E-state index in [0.29, 0.717) is 19.1 Å². The van der Waals surface area contributed by atoms with Gasteiger partial charge in [0, 0.05) is 49.1 Å². The molecule has 0 saturated carbocycles. The number of rotatable bonds is 6. The summed E-state index contributed by atoms with van der Waals surface area (Å²) in [6.45, 7) is 6.45. The van der Waals surface area contributed by atoms with Crippen molar-refractivity contribution in [3.8, 4) is 16.9 Å². The molecule has 2 aromatic rings. The maximum Gasteiger partial charge on any atom is 0.224 e. The minimum atomic E-state index is 0.0455. The fourth-order valence-corrected chi connectivity index (χ4v) is 4.52. The van der Waals surface area contributed by atoms with E-state index in [4.69, 9.17) is 9.47 Å². The molecule has 162 valence electrons. The van der Waals surface area contributed by atoms with Crippen LogP contribution >= 0.6 is 0 Å². The average Bonchev–Trinajstić information content (AvgIpc) is 3.20. The summed E-state index contributed by atoms with van der Waals surface area (Å²) in [5.74, 6) is 1.40. The van der Waals surface area contributed by atoms with E-state index in [1.807, 2.05) is 29.4 Å². The predicted octanol–water partition coefficient (Wildman–Crippen LogP) is 3.04. The molecule has 0 radical (unpaired) electrons. The van der Waals surface area contributed by atoms with Crippen LogP contribution in [0.25, 0.3) is 11.1 Å². The van der Waals surface area contributed by atoms with Gasteiger partial charge in [-0.2, -0.15) is 5.10 Å². The van der Waals surface area contributed by atoms with Crippen molar-refractivity contribution in [3.63, 3.8) is 0 Å². The molecule has 1 N–H and O–H groups in total. The third kappa shape index (κ3) is 4.23. The van der Waals surface area contributed by atoms with Crippen LogP contribution in [0.3, 0.4) is 0 Å². The Morgan fingerprint density at radius 3 is 2.83 bits per heavy atom. The molecule has 2 aliphatic heterocycles. The summed E-state index contributed by atoms with van der Waals surface area (Å²) in [4.78, 5) is 14.2. The zero-order valence-electron chi connectivity index (χ0n) is 17.8. The van der Waals surface area contributed by atoms with E-state index in [-0.39, 0.29) is 18.6 Å². The van der Waals surface area contributed by atoms with Gasteiger partial charge >= 0.3 is 0 Å². The number of aromatic nitrogens is 2. The van der Waals surface area contributed by atoms with Crippen LogP contribution in [0, 0.1) is 5.92 Å². The molecule has 1 fully saturated rings. The van der Waals surface area contributed by atoms with Crippen molar-refractivity contribution in [1.82, 2.24) is 9.78 Å². The molecule has 3 heterocycles. The maximum absolute atomic E-state index is 12.4. The predicted molar refractivity (Wildman–Crippen MR) is 115 cm³/mol. The molecular formula is C23H31N3O4. The van der Waals surface area contributed by atoms with Gasteiger partial charge in [-0.3, -0.25) is 9.48 Å². The Kier molecular flexibility index (Phi) is 6.39. The second-order valence-corrected chi connectivity index (χ2v) is 8.30. The lowest BCUT2D eigenvalue weighted by Gasteiger charge is -2.36. The Morgan fingerprint density at radius 1 is 1.30 bits per heavy atom. The number of aliphatic hydroxyl groups is 1. The smallest absolute Gasteiger partial charge is 0.224 e. The number of hydrogen-bond donors (Lipinski definition) is 1. The Morgan fingerprint density at radius 2 is 2.10 bits per heavy atom. The number of benzene rings is 1. The van der Waals surface area contributed by atoms with Crippen LogP contribution in [-0.2, 0) is 22.5 Å². The highest BCUT2D eigenvalue weighted by Crippen LogP contribution is 2.43. The molecule has 1 aromatic heterocycles. The highest BCUT2D eigenvalue weighted by atomic mass is 16.5. The lowest BCUT2D eigenvalue weighted by atomic mass is 9.92. The number of amides is 1. The number of aliphatic hydroxyl groups excluding tert-OH is 1. The van der Waals surface area contributed by atoms with Gasteiger partial charge in [-0.25, -0.2) is 0 Å². The molecule has 1 unspecified atom stereocenters. The van der Waals surface area contributed by atoms with Crippen molar-refractivity contribution in [2.45, 2.75) is 52.1 Å². The lowest BCUT2D eigenvalue weighted by Crippen LogP contribution is -2.40. The molecule has 7 nitrogen and oxygen atoms in total. The third-order valence-electron chi connectivity index (χ3n) is 6.17. The number of ether oxygens (including phenoxy) is 2. The molecule has 0 spiro atoms. The molecule has 4 rings (SSSR count). The minimum Gasteiger partial charge on any atom is -0.492 e. The normalized spacial score (nSPS) is 19.6. The first kappa shape index (κ1) is 20.9. The Hall–Kier alpha value is -2.38. The highest BCUT2D eigenvalue weighted by Gasteiger charge is 2.30. The van der Waals surface area contributed by atoms with Crippen molar-refractivity contribution >= 4 is 11.6 Å².